The van der Waals surface area contributed by atoms with Crippen molar-refractivity contribution in [3.63, 3.8) is 0 Å². The summed E-state index contributed by atoms with van der Waals surface area (Å²) in [6, 6.07) is 17.9. The molecule has 4 rings (SSSR count). The lowest BCUT2D eigenvalue weighted by atomic mass is 9.90. The summed E-state index contributed by atoms with van der Waals surface area (Å²) in [5.41, 5.74) is 1.52. The second kappa shape index (κ2) is 14.1. The summed E-state index contributed by atoms with van der Waals surface area (Å²) in [6.07, 6.45) is 2.46. The van der Waals surface area contributed by atoms with E-state index in [1.165, 1.54) is 12.1 Å². The van der Waals surface area contributed by atoms with E-state index in [9.17, 15) is 14.0 Å². The Kier molecular flexibility index (Phi) is 10.1. The molecule has 7 nitrogen and oxygen atoms in total. The maximum absolute atomic E-state index is 14.7. The molecule has 0 radical (unpaired) electrons. The molecular weight excluding hydrogens is 527 g/mol. The number of carbonyl (C=O) groups is 2. The summed E-state index contributed by atoms with van der Waals surface area (Å²) in [4.78, 5) is 23.5. The Morgan fingerprint density at radius 3 is 2.22 bits per heavy atom. The van der Waals surface area contributed by atoms with E-state index < -0.39 is 17.8 Å². The van der Waals surface area contributed by atoms with E-state index in [-0.39, 0.29) is 16.7 Å². The van der Waals surface area contributed by atoms with E-state index in [1.54, 1.807) is 30.3 Å². The Labute approximate surface area is 238 Å². The normalized spacial score (nSPS) is 13.1. The molecule has 0 bridgehead atoms. The van der Waals surface area contributed by atoms with Gasteiger partial charge in [-0.3, -0.25) is 0 Å². The van der Waals surface area contributed by atoms with Crippen molar-refractivity contribution in [2.24, 2.45) is 5.41 Å². The highest BCUT2D eigenvalue weighted by Crippen LogP contribution is 2.27. The lowest BCUT2D eigenvalue weighted by Crippen LogP contribution is -2.44. The molecule has 1 saturated heterocycles. The van der Waals surface area contributed by atoms with E-state index in [1.807, 2.05) is 24.3 Å². The number of benzene rings is 3. The molecule has 212 valence electrons. The third kappa shape index (κ3) is 8.95. The molecule has 3 aromatic carbocycles. The number of unbranched alkanes of at least 4 members (excludes halogenated alkanes) is 1. The average molecular weight is 559 g/mol. The molecule has 0 saturated carbocycles. The summed E-state index contributed by atoms with van der Waals surface area (Å²) < 4.78 is 41.5. The van der Waals surface area contributed by atoms with Gasteiger partial charge in [-0.15, -0.1) is 0 Å². The molecule has 0 atom stereocenters. The van der Waals surface area contributed by atoms with Crippen molar-refractivity contribution < 1.29 is 37.7 Å². The zero-order valence-corrected chi connectivity index (χ0v) is 22.8. The first kappa shape index (κ1) is 29.4. The molecule has 1 aliphatic heterocycles. The Bertz CT molecular complexity index is 1410. The van der Waals surface area contributed by atoms with E-state index >= 15 is 0 Å². The summed E-state index contributed by atoms with van der Waals surface area (Å²) in [6.45, 7) is 8.17. The van der Waals surface area contributed by atoms with Gasteiger partial charge < -0.3 is 23.7 Å². The number of esters is 2. The highest BCUT2D eigenvalue weighted by atomic mass is 19.1. The maximum atomic E-state index is 14.7. The number of ether oxygens (including phenoxy) is 5. The van der Waals surface area contributed by atoms with Crippen LogP contribution in [0.3, 0.4) is 0 Å². The number of carbonyl (C=O) groups excluding carboxylic acids is 2. The van der Waals surface area contributed by atoms with Crippen LogP contribution in [0.4, 0.5) is 4.39 Å². The molecule has 1 aliphatic rings. The monoisotopic (exact) mass is 558 g/mol. The van der Waals surface area contributed by atoms with Crippen molar-refractivity contribution in [1.29, 1.82) is 0 Å². The molecule has 0 amide bonds. The van der Waals surface area contributed by atoms with Crippen LogP contribution in [0.15, 0.2) is 79.4 Å². The van der Waals surface area contributed by atoms with Crippen LogP contribution in [-0.2, 0) is 14.3 Å². The van der Waals surface area contributed by atoms with Gasteiger partial charge in [0.05, 0.1) is 38.6 Å². The first-order chi connectivity index (χ1) is 19.8. The first-order valence-electron chi connectivity index (χ1n) is 13.2. The van der Waals surface area contributed by atoms with Crippen molar-refractivity contribution in [3.8, 4) is 29.1 Å². The summed E-state index contributed by atoms with van der Waals surface area (Å²) in [5, 5.41) is 0. The molecule has 1 fully saturated rings. The lowest BCUT2D eigenvalue weighted by molar-refractivity contribution is -0.137. The Hall–Kier alpha value is -4.61. The number of halogens is 1. The standard InChI is InChI=1S/C33H31FO7/c1-3-31(35)39-19-5-4-18-38-27-15-11-26(12-16-27)32(36)41-30-17-10-25(20-29(30)34)7-6-24-8-13-28(14-9-24)40-23-33(2)21-37-22-33/h3,8-17,20H,1,4-5,18-19,21-23H2,2H3. The molecule has 0 unspecified atom stereocenters. The molecule has 0 N–H and O–H groups in total. The van der Waals surface area contributed by atoms with Crippen molar-refractivity contribution in [3.05, 3.63) is 102 Å². The Morgan fingerprint density at radius 1 is 0.927 bits per heavy atom. The number of rotatable bonds is 12. The molecule has 0 aromatic heterocycles. The zero-order chi connectivity index (χ0) is 29.1. The quantitative estimate of drug-likeness (QED) is 0.0921. The van der Waals surface area contributed by atoms with Crippen LogP contribution < -0.4 is 14.2 Å². The summed E-state index contributed by atoms with van der Waals surface area (Å²) >= 11 is 0. The predicted octanol–water partition coefficient (Wildman–Crippen LogP) is 5.75. The Morgan fingerprint density at radius 2 is 1.56 bits per heavy atom. The maximum Gasteiger partial charge on any atom is 0.343 e. The van der Waals surface area contributed by atoms with Crippen LogP contribution in [0.5, 0.6) is 17.2 Å². The van der Waals surface area contributed by atoms with Gasteiger partial charge in [-0.05, 0) is 79.6 Å². The van der Waals surface area contributed by atoms with E-state index in [0.717, 1.165) is 17.4 Å². The topological polar surface area (TPSA) is 80.3 Å². The minimum absolute atomic E-state index is 0.0654. The van der Waals surface area contributed by atoms with Gasteiger partial charge in [0.15, 0.2) is 11.6 Å². The lowest BCUT2D eigenvalue weighted by Gasteiger charge is -2.37. The van der Waals surface area contributed by atoms with Crippen molar-refractivity contribution in [2.75, 3.05) is 33.0 Å². The molecule has 41 heavy (non-hydrogen) atoms. The minimum atomic E-state index is -0.695. The van der Waals surface area contributed by atoms with Gasteiger partial charge in [-0.25, -0.2) is 14.0 Å². The van der Waals surface area contributed by atoms with Crippen LogP contribution >= 0.6 is 0 Å². The fourth-order valence-electron chi connectivity index (χ4n) is 3.70. The molecule has 0 spiro atoms. The van der Waals surface area contributed by atoms with Crippen LogP contribution in [-0.4, -0.2) is 45.0 Å². The minimum Gasteiger partial charge on any atom is -0.494 e. The fourth-order valence-corrected chi connectivity index (χ4v) is 3.70. The van der Waals surface area contributed by atoms with Crippen LogP contribution in [0.1, 0.15) is 41.3 Å². The molecule has 1 heterocycles. The predicted molar refractivity (Wildman–Crippen MR) is 151 cm³/mol. The first-order valence-corrected chi connectivity index (χ1v) is 13.2. The van der Waals surface area contributed by atoms with Gasteiger partial charge in [0, 0.05) is 22.6 Å². The van der Waals surface area contributed by atoms with E-state index in [4.69, 9.17) is 23.7 Å². The molecular formula is C33H31FO7. The van der Waals surface area contributed by atoms with Crippen molar-refractivity contribution >= 4 is 11.9 Å². The van der Waals surface area contributed by atoms with Crippen LogP contribution in [0.25, 0.3) is 0 Å². The molecule has 0 aliphatic carbocycles. The summed E-state index contributed by atoms with van der Waals surface area (Å²) in [7, 11) is 0. The van der Waals surface area contributed by atoms with Gasteiger partial charge in [0.25, 0.3) is 0 Å². The second-order valence-corrected chi connectivity index (χ2v) is 9.85. The van der Waals surface area contributed by atoms with E-state index in [0.29, 0.717) is 57.2 Å². The highest BCUT2D eigenvalue weighted by molar-refractivity contribution is 5.91. The van der Waals surface area contributed by atoms with E-state index in [2.05, 4.69) is 25.3 Å². The molecule has 3 aromatic rings. The van der Waals surface area contributed by atoms with Crippen LogP contribution in [0, 0.1) is 23.1 Å². The third-order valence-electron chi connectivity index (χ3n) is 6.14. The highest BCUT2D eigenvalue weighted by Gasteiger charge is 2.34. The fraction of sp³-hybridized carbons (Fsp3) is 0.273. The van der Waals surface area contributed by atoms with Crippen LogP contribution in [0.2, 0.25) is 0 Å². The summed E-state index contributed by atoms with van der Waals surface area (Å²) in [5.74, 6) is 5.21. The third-order valence-corrected chi connectivity index (χ3v) is 6.14. The van der Waals surface area contributed by atoms with Crippen molar-refractivity contribution in [2.45, 2.75) is 19.8 Å². The second-order valence-electron chi connectivity index (χ2n) is 9.85. The number of hydrogen-bond donors (Lipinski definition) is 0. The van der Waals surface area contributed by atoms with Gasteiger partial charge in [-0.2, -0.15) is 0 Å². The van der Waals surface area contributed by atoms with Gasteiger partial charge in [-0.1, -0.05) is 25.3 Å². The van der Waals surface area contributed by atoms with Gasteiger partial charge >= 0.3 is 11.9 Å². The van der Waals surface area contributed by atoms with Gasteiger partial charge in [0.1, 0.15) is 11.5 Å². The Balaban J connectivity index is 1.24. The smallest absolute Gasteiger partial charge is 0.343 e. The van der Waals surface area contributed by atoms with Crippen molar-refractivity contribution in [1.82, 2.24) is 0 Å². The number of hydrogen-bond acceptors (Lipinski definition) is 7. The zero-order valence-electron chi connectivity index (χ0n) is 22.8. The SMILES string of the molecule is C=CC(=O)OCCCCOc1ccc(C(=O)Oc2ccc(C#Cc3ccc(OCC4(C)COC4)cc3)cc2F)cc1. The van der Waals surface area contributed by atoms with Gasteiger partial charge in [0.2, 0.25) is 0 Å². The largest absolute Gasteiger partial charge is 0.494 e. The average Bonchev–Trinajstić information content (AvgIpc) is 2.97. The molecule has 8 heteroatoms.